The summed E-state index contributed by atoms with van der Waals surface area (Å²) in [7, 11) is 0. The number of piperidine rings is 3. The Bertz CT molecular complexity index is 892. The molecule has 3 heteroatoms. The zero-order chi connectivity index (χ0) is 19.5. The first-order valence-corrected chi connectivity index (χ1v) is 10.7. The number of pyridine rings is 1. The molecule has 2 bridgehead atoms. The SMILES string of the molecule is C(=NC1C2CCN(CC2)C1C(c1ccccc1)c1ccccc1)c1ccccn1. The third kappa shape index (κ3) is 3.75. The van der Waals surface area contributed by atoms with Crippen LogP contribution in [0.3, 0.4) is 0 Å². The molecule has 2 unspecified atom stereocenters. The number of benzene rings is 2. The van der Waals surface area contributed by atoms with Crippen molar-refractivity contribution >= 4 is 6.21 Å². The predicted molar refractivity (Wildman–Crippen MR) is 118 cm³/mol. The molecule has 0 aliphatic carbocycles. The lowest BCUT2D eigenvalue weighted by atomic mass is 9.71. The van der Waals surface area contributed by atoms with Crippen LogP contribution < -0.4 is 0 Å². The van der Waals surface area contributed by atoms with Crippen LogP contribution >= 0.6 is 0 Å². The van der Waals surface area contributed by atoms with Gasteiger partial charge in [-0.1, -0.05) is 66.7 Å². The van der Waals surface area contributed by atoms with Gasteiger partial charge in [0.2, 0.25) is 0 Å². The van der Waals surface area contributed by atoms with Gasteiger partial charge in [0, 0.05) is 24.4 Å². The van der Waals surface area contributed by atoms with Crippen LogP contribution in [0.25, 0.3) is 0 Å². The van der Waals surface area contributed by atoms with E-state index >= 15 is 0 Å². The van der Waals surface area contributed by atoms with E-state index in [1.54, 1.807) is 0 Å². The molecule has 3 aliphatic heterocycles. The molecule has 0 radical (unpaired) electrons. The fourth-order valence-electron chi connectivity index (χ4n) is 5.19. The molecular formula is C26H27N3. The van der Waals surface area contributed by atoms with Gasteiger partial charge in [-0.2, -0.15) is 0 Å². The Morgan fingerprint density at radius 2 is 1.45 bits per heavy atom. The minimum Gasteiger partial charge on any atom is -0.297 e. The maximum atomic E-state index is 5.16. The summed E-state index contributed by atoms with van der Waals surface area (Å²) in [5, 5.41) is 0. The predicted octanol–water partition coefficient (Wildman–Crippen LogP) is 4.80. The van der Waals surface area contributed by atoms with Gasteiger partial charge in [0.15, 0.2) is 0 Å². The topological polar surface area (TPSA) is 28.5 Å². The van der Waals surface area contributed by atoms with Gasteiger partial charge < -0.3 is 0 Å². The second-order valence-electron chi connectivity index (χ2n) is 8.19. The van der Waals surface area contributed by atoms with Gasteiger partial charge in [-0.15, -0.1) is 0 Å². The number of hydrogen-bond acceptors (Lipinski definition) is 3. The van der Waals surface area contributed by atoms with Crippen LogP contribution in [0.1, 0.15) is 35.6 Å². The average molecular weight is 382 g/mol. The van der Waals surface area contributed by atoms with Crippen LogP contribution in [0.4, 0.5) is 0 Å². The van der Waals surface area contributed by atoms with Crippen molar-refractivity contribution in [2.24, 2.45) is 10.9 Å². The van der Waals surface area contributed by atoms with Crippen LogP contribution in [0.15, 0.2) is 90.1 Å². The highest BCUT2D eigenvalue weighted by Gasteiger charge is 2.46. The van der Waals surface area contributed by atoms with Crippen molar-refractivity contribution < 1.29 is 0 Å². The molecule has 1 aromatic heterocycles. The molecule has 0 amide bonds. The first-order valence-electron chi connectivity index (χ1n) is 10.7. The number of aliphatic imine (C=N–C) groups is 1. The minimum absolute atomic E-state index is 0.296. The Balaban J connectivity index is 1.56. The Labute approximate surface area is 173 Å². The zero-order valence-corrected chi connectivity index (χ0v) is 16.6. The molecule has 4 heterocycles. The van der Waals surface area contributed by atoms with E-state index in [1.165, 1.54) is 37.1 Å². The van der Waals surface area contributed by atoms with Crippen LogP contribution in [-0.2, 0) is 0 Å². The Hall–Kier alpha value is -2.78. The van der Waals surface area contributed by atoms with Crippen molar-refractivity contribution in [2.45, 2.75) is 30.8 Å². The Morgan fingerprint density at radius 1 is 0.828 bits per heavy atom. The van der Waals surface area contributed by atoms with E-state index in [0.29, 0.717) is 23.9 Å². The molecule has 0 spiro atoms. The number of fused-ring (bicyclic) bond motifs is 3. The summed E-state index contributed by atoms with van der Waals surface area (Å²) in [5.74, 6) is 0.978. The van der Waals surface area contributed by atoms with E-state index in [1.807, 2.05) is 30.6 Å². The summed E-state index contributed by atoms with van der Waals surface area (Å²) in [6.45, 7) is 2.36. The quantitative estimate of drug-likeness (QED) is 0.594. The molecule has 0 saturated carbocycles. The normalized spacial score (nSPS) is 26.2. The highest BCUT2D eigenvalue weighted by atomic mass is 15.2. The summed E-state index contributed by atoms with van der Waals surface area (Å²) in [4.78, 5) is 12.3. The van der Waals surface area contributed by atoms with E-state index in [2.05, 4.69) is 70.5 Å². The molecule has 2 atom stereocenters. The maximum absolute atomic E-state index is 5.16. The van der Waals surface area contributed by atoms with Gasteiger partial charge >= 0.3 is 0 Å². The van der Waals surface area contributed by atoms with Crippen molar-refractivity contribution in [3.05, 3.63) is 102 Å². The van der Waals surface area contributed by atoms with Crippen LogP contribution in [0, 0.1) is 5.92 Å². The van der Waals surface area contributed by atoms with Crippen LogP contribution in [-0.4, -0.2) is 41.3 Å². The van der Waals surface area contributed by atoms with Gasteiger partial charge in [-0.25, -0.2) is 0 Å². The van der Waals surface area contributed by atoms with Crippen molar-refractivity contribution in [2.75, 3.05) is 13.1 Å². The fraction of sp³-hybridized carbons (Fsp3) is 0.308. The number of hydrogen-bond donors (Lipinski definition) is 0. The molecule has 3 aromatic rings. The molecule has 3 aliphatic rings. The van der Waals surface area contributed by atoms with Crippen molar-refractivity contribution in [3.63, 3.8) is 0 Å². The number of aromatic nitrogens is 1. The summed E-state index contributed by atoms with van der Waals surface area (Å²) in [6, 6.07) is 28.7. The van der Waals surface area contributed by atoms with Crippen molar-refractivity contribution in [3.8, 4) is 0 Å². The van der Waals surface area contributed by atoms with E-state index in [4.69, 9.17) is 4.99 Å². The van der Waals surface area contributed by atoms with Crippen LogP contribution in [0.2, 0.25) is 0 Å². The van der Waals surface area contributed by atoms with Gasteiger partial charge in [-0.3, -0.25) is 14.9 Å². The standard InChI is InChI=1S/C26H27N3/c1-3-9-20(10-4-1)24(21-11-5-2-6-12-21)26-25(22-14-17-29(26)18-15-22)28-19-23-13-7-8-16-27-23/h1-13,16,19,22,24-26H,14-15,17-18H2. The molecule has 2 aromatic carbocycles. The Morgan fingerprint density at radius 3 is 2.03 bits per heavy atom. The van der Waals surface area contributed by atoms with Gasteiger partial charge in [0.25, 0.3) is 0 Å². The second-order valence-corrected chi connectivity index (χ2v) is 8.19. The van der Waals surface area contributed by atoms with Crippen LogP contribution in [0.5, 0.6) is 0 Å². The van der Waals surface area contributed by atoms with E-state index in [0.717, 1.165) is 5.69 Å². The third-order valence-electron chi connectivity index (χ3n) is 6.55. The molecule has 3 nitrogen and oxygen atoms in total. The van der Waals surface area contributed by atoms with E-state index < -0.39 is 0 Å². The second kappa shape index (κ2) is 8.30. The van der Waals surface area contributed by atoms with E-state index in [9.17, 15) is 0 Å². The lowest BCUT2D eigenvalue weighted by Crippen LogP contribution is -2.59. The first kappa shape index (κ1) is 18.3. The summed E-state index contributed by atoms with van der Waals surface area (Å²) in [6.07, 6.45) is 6.33. The molecule has 0 N–H and O–H groups in total. The number of rotatable bonds is 5. The molecule has 3 saturated heterocycles. The smallest absolute Gasteiger partial charge is 0.0807 e. The highest BCUT2D eigenvalue weighted by Crippen LogP contribution is 2.43. The maximum Gasteiger partial charge on any atom is 0.0807 e. The lowest BCUT2D eigenvalue weighted by Gasteiger charge is -2.52. The van der Waals surface area contributed by atoms with Gasteiger partial charge in [-0.05, 0) is 55.1 Å². The number of nitrogens with zero attached hydrogens (tertiary/aromatic N) is 3. The molecule has 146 valence electrons. The molecular weight excluding hydrogens is 354 g/mol. The Kier molecular flexibility index (Phi) is 5.23. The monoisotopic (exact) mass is 381 g/mol. The lowest BCUT2D eigenvalue weighted by molar-refractivity contribution is 0.0215. The summed E-state index contributed by atoms with van der Waals surface area (Å²) >= 11 is 0. The largest absolute Gasteiger partial charge is 0.297 e. The third-order valence-corrected chi connectivity index (χ3v) is 6.55. The molecule has 29 heavy (non-hydrogen) atoms. The first-order chi connectivity index (χ1) is 14.4. The zero-order valence-electron chi connectivity index (χ0n) is 16.6. The summed E-state index contributed by atoms with van der Waals surface area (Å²) < 4.78 is 0. The summed E-state index contributed by atoms with van der Waals surface area (Å²) in [5.41, 5.74) is 3.71. The molecule has 3 fully saturated rings. The molecule has 6 rings (SSSR count). The van der Waals surface area contributed by atoms with Gasteiger partial charge in [0.05, 0.1) is 11.7 Å². The van der Waals surface area contributed by atoms with Gasteiger partial charge in [0.1, 0.15) is 0 Å². The van der Waals surface area contributed by atoms with E-state index in [-0.39, 0.29) is 0 Å². The van der Waals surface area contributed by atoms with Crippen molar-refractivity contribution in [1.29, 1.82) is 0 Å². The van der Waals surface area contributed by atoms with Crippen molar-refractivity contribution in [1.82, 2.24) is 9.88 Å². The highest BCUT2D eigenvalue weighted by molar-refractivity contribution is 5.77. The fourth-order valence-corrected chi connectivity index (χ4v) is 5.19. The minimum atomic E-state index is 0.296. The average Bonchev–Trinajstić information content (AvgIpc) is 2.81.